The first-order chi connectivity index (χ1) is 14.0. The van der Waals surface area contributed by atoms with E-state index in [-0.39, 0.29) is 24.3 Å². The summed E-state index contributed by atoms with van der Waals surface area (Å²) in [6.45, 7) is 0.460. The van der Waals surface area contributed by atoms with Gasteiger partial charge in [0.1, 0.15) is 6.61 Å². The maximum Gasteiger partial charge on any atom is 0.324 e. The van der Waals surface area contributed by atoms with Crippen molar-refractivity contribution in [3.05, 3.63) is 77.4 Å². The van der Waals surface area contributed by atoms with Crippen LogP contribution < -0.4 is 15.4 Å². The number of ether oxygens (including phenoxy) is 1. The standard InChI is InChI=1S/C21H20FN3O3S/c1-25(13-14-28-17-10-6-5-9-16(17)22)20(26)18-11-12-19(29-18)24-21(27)23-15-7-3-2-4-8-15/h2-12H,13-14H2,1H3,(H2,23,24,27). The summed E-state index contributed by atoms with van der Waals surface area (Å²) in [5.41, 5.74) is 0.674. The van der Waals surface area contributed by atoms with Crippen LogP contribution in [0, 0.1) is 5.82 Å². The lowest BCUT2D eigenvalue weighted by atomic mass is 10.3. The van der Waals surface area contributed by atoms with Crippen LogP contribution in [0.15, 0.2) is 66.7 Å². The number of rotatable bonds is 7. The molecule has 0 bridgehead atoms. The predicted octanol–water partition coefficient (Wildman–Crippen LogP) is 4.68. The monoisotopic (exact) mass is 413 g/mol. The number of halogens is 1. The summed E-state index contributed by atoms with van der Waals surface area (Å²) in [7, 11) is 1.64. The van der Waals surface area contributed by atoms with Crippen molar-refractivity contribution < 1.29 is 18.7 Å². The Morgan fingerprint density at radius 2 is 1.72 bits per heavy atom. The summed E-state index contributed by atoms with van der Waals surface area (Å²) in [6, 6.07) is 18.1. The number of carbonyl (C=O) groups is 2. The third-order valence-electron chi connectivity index (χ3n) is 3.95. The molecule has 3 rings (SSSR count). The minimum Gasteiger partial charge on any atom is -0.489 e. The zero-order valence-corrected chi connectivity index (χ0v) is 16.5. The van der Waals surface area contributed by atoms with Crippen LogP contribution in [-0.4, -0.2) is 37.0 Å². The van der Waals surface area contributed by atoms with Gasteiger partial charge in [0.05, 0.1) is 16.4 Å². The van der Waals surface area contributed by atoms with Gasteiger partial charge in [0.2, 0.25) is 0 Å². The van der Waals surface area contributed by atoms with Crippen LogP contribution in [0.25, 0.3) is 0 Å². The number of amides is 3. The van der Waals surface area contributed by atoms with Crippen LogP contribution in [0.5, 0.6) is 5.75 Å². The van der Waals surface area contributed by atoms with Gasteiger partial charge in [0.25, 0.3) is 5.91 Å². The first-order valence-electron chi connectivity index (χ1n) is 8.88. The van der Waals surface area contributed by atoms with Gasteiger partial charge in [0, 0.05) is 12.7 Å². The van der Waals surface area contributed by atoms with Gasteiger partial charge in [-0.3, -0.25) is 10.1 Å². The molecule has 0 fully saturated rings. The van der Waals surface area contributed by atoms with Crippen molar-refractivity contribution in [2.45, 2.75) is 0 Å². The molecule has 3 aromatic rings. The van der Waals surface area contributed by atoms with Gasteiger partial charge in [-0.15, -0.1) is 11.3 Å². The SMILES string of the molecule is CN(CCOc1ccccc1F)C(=O)c1ccc(NC(=O)Nc2ccccc2)s1. The maximum absolute atomic E-state index is 13.5. The molecule has 2 N–H and O–H groups in total. The van der Waals surface area contributed by atoms with Crippen molar-refractivity contribution >= 4 is 34.0 Å². The van der Waals surface area contributed by atoms with Crippen LogP contribution in [0.2, 0.25) is 0 Å². The molecule has 2 aromatic carbocycles. The molecule has 0 aliphatic rings. The zero-order chi connectivity index (χ0) is 20.6. The van der Waals surface area contributed by atoms with E-state index in [0.29, 0.717) is 22.1 Å². The summed E-state index contributed by atoms with van der Waals surface area (Å²) in [4.78, 5) is 26.5. The lowest BCUT2D eigenvalue weighted by Crippen LogP contribution is -2.30. The molecule has 0 atom stereocenters. The largest absolute Gasteiger partial charge is 0.489 e. The van der Waals surface area contributed by atoms with E-state index in [1.54, 1.807) is 43.4 Å². The molecule has 150 valence electrons. The van der Waals surface area contributed by atoms with Gasteiger partial charge in [-0.2, -0.15) is 0 Å². The van der Waals surface area contributed by atoms with Crippen molar-refractivity contribution in [1.82, 2.24) is 4.90 Å². The topological polar surface area (TPSA) is 70.7 Å². The molecular formula is C21H20FN3O3S. The number of benzene rings is 2. The smallest absolute Gasteiger partial charge is 0.324 e. The highest BCUT2D eigenvalue weighted by molar-refractivity contribution is 7.18. The number of anilines is 2. The number of hydrogen-bond donors (Lipinski definition) is 2. The fraction of sp³-hybridized carbons (Fsp3) is 0.143. The van der Waals surface area contributed by atoms with Gasteiger partial charge in [-0.1, -0.05) is 30.3 Å². The van der Waals surface area contributed by atoms with Crippen molar-refractivity contribution in [3.63, 3.8) is 0 Å². The molecule has 1 aromatic heterocycles. The Hall–Kier alpha value is -3.39. The van der Waals surface area contributed by atoms with Gasteiger partial charge >= 0.3 is 6.03 Å². The highest BCUT2D eigenvalue weighted by Crippen LogP contribution is 2.23. The summed E-state index contributed by atoms with van der Waals surface area (Å²) in [5, 5.41) is 5.97. The van der Waals surface area contributed by atoms with Crippen molar-refractivity contribution in [3.8, 4) is 5.75 Å². The van der Waals surface area contributed by atoms with Gasteiger partial charge in [-0.05, 0) is 36.4 Å². The van der Waals surface area contributed by atoms with Crippen molar-refractivity contribution in [2.75, 3.05) is 30.8 Å². The van der Waals surface area contributed by atoms with Gasteiger partial charge in [-0.25, -0.2) is 9.18 Å². The predicted molar refractivity (Wildman–Crippen MR) is 112 cm³/mol. The first kappa shape index (κ1) is 20.3. The Kier molecular flexibility index (Phi) is 6.80. The molecule has 0 aliphatic carbocycles. The fourth-order valence-corrected chi connectivity index (χ4v) is 3.36. The highest BCUT2D eigenvalue weighted by atomic mass is 32.1. The molecule has 0 aliphatic heterocycles. The molecule has 8 heteroatoms. The van der Waals surface area contributed by atoms with E-state index in [0.717, 1.165) is 0 Å². The minimum atomic E-state index is -0.441. The molecule has 0 saturated heterocycles. The normalized spacial score (nSPS) is 10.3. The number of nitrogens with zero attached hydrogens (tertiary/aromatic N) is 1. The van der Waals surface area contributed by atoms with Crippen LogP contribution in [0.3, 0.4) is 0 Å². The summed E-state index contributed by atoms with van der Waals surface area (Å²) >= 11 is 1.18. The number of para-hydroxylation sites is 2. The van der Waals surface area contributed by atoms with E-state index in [1.807, 2.05) is 18.2 Å². The quantitative estimate of drug-likeness (QED) is 0.591. The number of urea groups is 1. The number of hydrogen-bond acceptors (Lipinski definition) is 4. The Balaban J connectivity index is 1.49. The fourth-order valence-electron chi connectivity index (χ4n) is 2.46. The van der Waals surface area contributed by atoms with Gasteiger partial charge < -0.3 is 15.0 Å². The molecule has 1 heterocycles. The highest BCUT2D eigenvalue weighted by Gasteiger charge is 2.15. The Morgan fingerprint density at radius 3 is 2.48 bits per heavy atom. The lowest BCUT2D eigenvalue weighted by Gasteiger charge is -2.16. The third kappa shape index (κ3) is 5.79. The number of thiophene rings is 1. The molecule has 29 heavy (non-hydrogen) atoms. The Labute approximate surface area is 171 Å². The molecule has 3 amide bonds. The van der Waals surface area contributed by atoms with Crippen LogP contribution in [0.1, 0.15) is 9.67 Å². The molecule has 6 nitrogen and oxygen atoms in total. The van der Waals surface area contributed by atoms with Gasteiger partial charge in [0.15, 0.2) is 11.6 Å². The number of likely N-dealkylation sites (N-methyl/N-ethyl adjacent to an activating group) is 1. The molecule has 0 unspecified atom stereocenters. The molecule has 0 radical (unpaired) electrons. The number of carbonyl (C=O) groups excluding carboxylic acids is 2. The summed E-state index contributed by atoms with van der Waals surface area (Å²) < 4.78 is 18.9. The Bertz CT molecular complexity index is 978. The molecule has 0 saturated carbocycles. The molecular weight excluding hydrogens is 393 g/mol. The minimum absolute atomic E-state index is 0.153. The second kappa shape index (κ2) is 9.70. The summed E-state index contributed by atoms with van der Waals surface area (Å²) in [6.07, 6.45) is 0. The van der Waals surface area contributed by atoms with Crippen LogP contribution in [-0.2, 0) is 0 Å². The van der Waals surface area contributed by atoms with E-state index >= 15 is 0 Å². The first-order valence-corrected chi connectivity index (χ1v) is 9.70. The second-order valence-electron chi connectivity index (χ2n) is 6.11. The van der Waals surface area contributed by atoms with E-state index < -0.39 is 5.82 Å². The zero-order valence-electron chi connectivity index (χ0n) is 15.7. The lowest BCUT2D eigenvalue weighted by molar-refractivity contribution is 0.0777. The van der Waals surface area contributed by atoms with Crippen LogP contribution >= 0.6 is 11.3 Å². The van der Waals surface area contributed by atoms with E-state index in [9.17, 15) is 14.0 Å². The maximum atomic E-state index is 13.5. The van der Waals surface area contributed by atoms with Crippen LogP contribution in [0.4, 0.5) is 19.9 Å². The van der Waals surface area contributed by atoms with Crippen molar-refractivity contribution in [1.29, 1.82) is 0 Å². The second-order valence-corrected chi connectivity index (χ2v) is 7.20. The Morgan fingerprint density at radius 1 is 1.00 bits per heavy atom. The average Bonchev–Trinajstić information content (AvgIpc) is 3.17. The average molecular weight is 413 g/mol. The van der Waals surface area contributed by atoms with E-state index in [4.69, 9.17) is 4.74 Å². The third-order valence-corrected chi connectivity index (χ3v) is 4.94. The van der Waals surface area contributed by atoms with E-state index in [2.05, 4.69) is 10.6 Å². The number of nitrogens with one attached hydrogen (secondary N) is 2. The van der Waals surface area contributed by atoms with Crippen molar-refractivity contribution in [2.24, 2.45) is 0 Å². The molecule has 0 spiro atoms. The van der Waals surface area contributed by atoms with E-state index in [1.165, 1.54) is 28.4 Å². The summed E-state index contributed by atoms with van der Waals surface area (Å²) in [5.74, 6) is -0.492.